The molecule has 2 aliphatic heterocycles. The minimum Gasteiger partial charge on any atom is -0.490 e. The number of ether oxygens (including phenoxy) is 1. The molecule has 11 nitrogen and oxygen atoms in total. The van der Waals surface area contributed by atoms with Gasteiger partial charge in [0.25, 0.3) is 11.8 Å². The van der Waals surface area contributed by atoms with Crippen LogP contribution in [0.15, 0.2) is 36.4 Å². The molecule has 0 bridgehead atoms. The molecule has 1 saturated carbocycles. The molecule has 5 rings (SSSR count). The summed E-state index contributed by atoms with van der Waals surface area (Å²) < 4.78 is 5.10. The minimum atomic E-state index is -0.685. The number of amides is 4. The van der Waals surface area contributed by atoms with Crippen molar-refractivity contribution in [3.05, 3.63) is 68.8 Å². The number of piperidine rings is 1. The zero-order chi connectivity index (χ0) is 29.1. The maximum atomic E-state index is 13.1. The summed E-state index contributed by atoms with van der Waals surface area (Å²) in [6.07, 6.45) is 4.75. The van der Waals surface area contributed by atoms with Crippen molar-refractivity contribution in [2.45, 2.75) is 63.6 Å². The molecule has 1 saturated heterocycles. The van der Waals surface area contributed by atoms with Crippen LogP contribution in [0.2, 0.25) is 0 Å². The molecule has 4 amide bonds. The number of imide groups is 1. The van der Waals surface area contributed by atoms with E-state index in [1.807, 2.05) is 6.07 Å². The van der Waals surface area contributed by atoms with Crippen molar-refractivity contribution >= 4 is 29.3 Å². The Labute approximate surface area is 236 Å². The van der Waals surface area contributed by atoms with Crippen LogP contribution in [-0.4, -0.2) is 52.6 Å². The summed E-state index contributed by atoms with van der Waals surface area (Å²) in [5, 5.41) is 16.6. The number of hydrogen-bond acceptors (Lipinski definition) is 7. The van der Waals surface area contributed by atoms with Crippen molar-refractivity contribution in [3.8, 4) is 17.6 Å². The van der Waals surface area contributed by atoms with E-state index >= 15 is 0 Å². The number of nitrogens with zero attached hydrogens (tertiary/aromatic N) is 2. The van der Waals surface area contributed by atoms with Crippen LogP contribution in [-0.2, 0) is 16.1 Å². The van der Waals surface area contributed by atoms with Gasteiger partial charge in [-0.2, -0.15) is 0 Å². The van der Waals surface area contributed by atoms with E-state index in [1.54, 1.807) is 12.1 Å². The lowest BCUT2D eigenvalue weighted by Gasteiger charge is -2.31. The molecule has 1 aliphatic carbocycles. The van der Waals surface area contributed by atoms with Gasteiger partial charge in [-0.05, 0) is 48.9 Å². The molecule has 1 unspecified atom stereocenters. The smallest absolute Gasteiger partial charge is 0.310 e. The molecular formula is C30H30N4O7. The predicted octanol–water partition coefficient (Wildman–Crippen LogP) is 3.09. The monoisotopic (exact) mass is 558 g/mol. The minimum absolute atomic E-state index is 0.0266. The van der Waals surface area contributed by atoms with Gasteiger partial charge in [-0.1, -0.05) is 30.7 Å². The van der Waals surface area contributed by atoms with E-state index in [4.69, 9.17) is 4.74 Å². The second-order valence-electron chi connectivity index (χ2n) is 10.5. The van der Waals surface area contributed by atoms with E-state index in [9.17, 15) is 29.3 Å². The molecule has 0 radical (unpaired) electrons. The lowest BCUT2D eigenvalue weighted by atomic mass is 9.82. The Morgan fingerprint density at radius 2 is 1.98 bits per heavy atom. The molecule has 3 atom stereocenters. The van der Waals surface area contributed by atoms with Gasteiger partial charge in [-0.15, -0.1) is 0 Å². The Hall–Kier alpha value is -4.72. The summed E-state index contributed by atoms with van der Waals surface area (Å²) >= 11 is 0. The van der Waals surface area contributed by atoms with E-state index in [2.05, 4.69) is 22.5 Å². The van der Waals surface area contributed by atoms with Gasteiger partial charge in [0.15, 0.2) is 5.75 Å². The lowest BCUT2D eigenvalue weighted by Crippen LogP contribution is -2.52. The van der Waals surface area contributed by atoms with Gasteiger partial charge in [0, 0.05) is 54.3 Å². The maximum Gasteiger partial charge on any atom is 0.310 e. The third-order valence-electron chi connectivity index (χ3n) is 8.03. The van der Waals surface area contributed by atoms with Gasteiger partial charge in [0.2, 0.25) is 11.8 Å². The predicted molar refractivity (Wildman–Crippen MR) is 147 cm³/mol. The first kappa shape index (κ1) is 27.8. The van der Waals surface area contributed by atoms with Crippen LogP contribution in [0.5, 0.6) is 5.75 Å². The van der Waals surface area contributed by atoms with E-state index in [-0.39, 0.29) is 59.6 Å². The normalized spacial score (nSPS) is 21.8. The Balaban J connectivity index is 1.27. The number of rotatable bonds is 6. The van der Waals surface area contributed by atoms with E-state index in [0.29, 0.717) is 18.4 Å². The van der Waals surface area contributed by atoms with Crippen LogP contribution in [0.3, 0.4) is 0 Å². The fourth-order valence-corrected chi connectivity index (χ4v) is 5.84. The number of nitro groups is 1. The molecule has 2 aromatic carbocycles. The van der Waals surface area contributed by atoms with E-state index in [1.165, 1.54) is 30.2 Å². The van der Waals surface area contributed by atoms with Crippen molar-refractivity contribution in [2.24, 2.45) is 5.92 Å². The molecule has 11 heteroatoms. The molecule has 0 aromatic heterocycles. The molecule has 41 heavy (non-hydrogen) atoms. The van der Waals surface area contributed by atoms with Gasteiger partial charge in [-0.3, -0.25) is 34.6 Å². The van der Waals surface area contributed by atoms with Gasteiger partial charge in [-0.25, -0.2) is 0 Å². The van der Waals surface area contributed by atoms with Gasteiger partial charge in [0.1, 0.15) is 6.04 Å². The second-order valence-corrected chi connectivity index (χ2v) is 10.5. The Morgan fingerprint density at radius 1 is 1.17 bits per heavy atom. The highest BCUT2D eigenvalue weighted by Gasteiger charge is 2.39. The largest absolute Gasteiger partial charge is 0.490 e. The summed E-state index contributed by atoms with van der Waals surface area (Å²) in [6.45, 7) is 0.256. The average molecular weight is 559 g/mol. The van der Waals surface area contributed by atoms with Crippen molar-refractivity contribution in [2.75, 3.05) is 7.11 Å². The Kier molecular flexibility index (Phi) is 8.01. The first-order valence-electron chi connectivity index (χ1n) is 13.7. The van der Waals surface area contributed by atoms with Crippen LogP contribution in [0.4, 0.5) is 5.69 Å². The highest BCUT2D eigenvalue weighted by Crippen LogP contribution is 2.31. The molecule has 2 heterocycles. The quantitative estimate of drug-likeness (QED) is 0.240. The number of carbonyl (C=O) groups excluding carboxylic acids is 4. The summed E-state index contributed by atoms with van der Waals surface area (Å²) in [4.78, 5) is 62.2. The first-order valence-corrected chi connectivity index (χ1v) is 13.7. The van der Waals surface area contributed by atoms with E-state index < -0.39 is 16.9 Å². The standard InChI is InChI=1S/C30H30N4O7/c1-41-26-16-20(12-13-24(26)34(39)40)28(36)31-23-11-3-2-6-19(23)9-4-7-18-8-5-10-21-22(18)17-33(30(21)38)25-14-15-27(35)32-29(25)37/h5,8,10,12-13,16,19,23,25H,2-3,6,9,11,14-15,17H2,1H3,(H,31,36)(H,32,35,37)/t19-,23-,25?/m0/s1. The second kappa shape index (κ2) is 11.8. The first-order chi connectivity index (χ1) is 19.8. The molecule has 2 fully saturated rings. The van der Waals surface area contributed by atoms with Crippen molar-refractivity contribution in [3.63, 3.8) is 0 Å². The third kappa shape index (κ3) is 5.77. The Bertz CT molecular complexity index is 1490. The van der Waals surface area contributed by atoms with Crippen LogP contribution in [0.1, 0.15) is 76.8 Å². The zero-order valence-electron chi connectivity index (χ0n) is 22.6. The number of hydrogen-bond donors (Lipinski definition) is 2. The summed E-state index contributed by atoms with van der Waals surface area (Å²) in [7, 11) is 1.32. The van der Waals surface area contributed by atoms with Crippen molar-refractivity contribution < 1.29 is 28.8 Å². The fourth-order valence-electron chi connectivity index (χ4n) is 5.84. The number of methoxy groups -OCH3 is 1. The van der Waals surface area contributed by atoms with Crippen LogP contribution in [0, 0.1) is 27.9 Å². The van der Waals surface area contributed by atoms with Gasteiger partial charge < -0.3 is 15.0 Å². The molecule has 212 valence electrons. The maximum absolute atomic E-state index is 13.1. The summed E-state index contributed by atoms with van der Waals surface area (Å²) in [5.41, 5.74) is 2.09. The molecule has 2 N–H and O–H groups in total. The number of carbonyl (C=O) groups is 4. The number of nitro benzene ring substituents is 1. The average Bonchev–Trinajstić information content (AvgIpc) is 3.30. The SMILES string of the molecule is COc1cc(C(=O)N[C@H]2CCCC[C@H]2CC#Cc2cccc3c2CN(C2CCC(=O)NC2=O)C3=O)ccc1[N+](=O)[O-]. The third-order valence-corrected chi connectivity index (χ3v) is 8.03. The Morgan fingerprint density at radius 3 is 2.73 bits per heavy atom. The summed E-state index contributed by atoms with van der Waals surface area (Å²) in [5.74, 6) is 5.28. The summed E-state index contributed by atoms with van der Waals surface area (Å²) in [6, 6.07) is 8.64. The number of fused-ring (bicyclic) bond motifs is 1. The van der Waals surface area contributed by atoms with Crippen LogP contribution in [0.25, 0.3) is 0 Å². The lowest BCUT2D eigenvalue weighted by molar-refractivity contribution is -0.385. The van der Waals surface area contributed by atoms with Crippen molar-refractivity contribution in [1.29, 1.82) is 0 Å². The zero-order valence-corrected chi connectivity index (χ0v) is 22.6. The highest BCUT2D eigenvalue weighted by atomic mass is 16.6. The molecule has 2 aromatic rings. The highest BCUT2D eigenvalue weighted by molar-refractivity contribution is 6.05. The molecule has 3 aliphatic rings. The van der Waals surface area contributed by atoms with Crippen LogP contribution >= 0.6 is 0 Å². The number of benzene rings is 2. The number of nitrogens with one attached hydrogen (secondary N) is 2. The van der Waals surface area contributed by atoms with Gasteiger partial charge >= 0.3 is 5.69 Å². The molecule has 0 spiro atoms. The van der Waals surface area contributed by atoms with E-state index in [0.717, 1.165) is 36.8 Å². The fraction of sp³-hybridized carbons (Fsp3) is 0.400. The van der Waals surface area contributed by atoms with Crippen molar-refractivity contribution in [1.82, 2.24) is 15.5 Å². The van der Waals surface area contributed by atoms with Gasteiger partial charge in [0.05, 0.1) is 12.0 Å². The van der Waals surface area contributed by atoms with Crippen LogP contribution < -0.4 is 15.4 Å². The molecular weight excluding hydrogens is 528 g/mol. The topological polar surface area (TPSA) is 148 Å².